The average Bonchev–Trinajstić information content (AvgIpc) is 1.94. The molecule has 1 aliphatic rings. The van der Waals surface area contributed by atoms with Gasteiger partial charge in [0, 0.05) is 0 Å². The molecular weight excluding hydrogens is 118 g/mol. The summed E-state index contributed by atoms with van der Waals surface area (Å²) in [5, 5.41) is 0. The minimum Gasteiger partial charge on any atom is -0.196 e. The molecule has 0 unspecified atom stereocenters. The van der Waals surface area contributed by atoms with Gasteiger partial charge in [0.15, 0.2) is 0 Å². The fourth-order valence-corrected chi connectivity index (χ4v) is 1.54. The fourth-order valence-electron chi connectivity index (χ4n) is 1.23. The van der Waals surface area contributed by atoms with Crippen LogP contribution in [-0.2, 0) is 0 Å². The molecule has 0 bridgehead atoms. The first-order chi connectivity index (χ1) is 3.89. The Labute approximate surface area is 56.6 Å². The van der Waals surface area contributed by atoms with Crippen LogP contribution in [0.25, 0.3) is 0 Å². The molecule has 1 heterocycles. The van der Waals surface area contributed by atoms with E-state index < -0.39 is 0 Å². The van der Waals surface area contributed by atoms with E-state index >= 15 is 0 Å². The van der Waals surface area contributed by atoms with E-state index in [2.05, 4.69) is 0 Å². The zero-order valence-electron chi connectivity index (χ0n) is 5.20. The van der Waals surface area contributed by atoms with Gasteiger partial charge in [-0.1, -0.05) is 38.3 Å². The van der Waals surface area contributed by atoms with E-state index in [-0.39, 0.29) is 0 Å². The fraction of sp³-hybridized carbons (Fsp3) is 1.00. The molecule has 2 heteroatoms. The van der Waals surface area contributed by atoms with Crippen molar-refractivity contribution < 1.29 is 0 Å². The Hall–Kier alpha value is 0.355. The minimum absolute atomic E-state index is 0.498. The van der Waals surface area contributed by atoms with Crippen molar-refractivity contribution in [2.24, 2.45) is 0 Å². The third-order valence-electron chi connectivity index (χ3n) is 1.78. The normalized spacial score (nSPS) is 22.9. The van der Waals surface area contributed by atoms with Gasteiger partial charge in [-0.3, -0.25) is 0 Å². The standard InChI is InChI=1S/C6H12BCl/c8-7-5-3-1-2-4-6-7/h1-6H2. The highest BCUT2D eigenvalue weighted by atomic mass is 35.5. The summed E-state index contributed by atoms with van der Waals surface area (Å²) >= 11 is 5.92. The summed E-state index contributed by atoms with van der Waals surface area (Å²) < 4.78 is 0. The molecule has 46 valence electrons. The lowest BCUT2D eigenvalue weighted by molar-refractivity contribution is 0.720. The molecule has 0 amide bonds. The van der Waals surface area contributed by atoms with Crippen LogP contribution in [-0.4, -0.2) is 6.13 Å². The first-order valence-electron chi connectivity index (χ1n) is 3.53. The number of rotatable bonds is 0. The smallest absolute Gasteiger partial charge is 0.196 e. The van der Waals surface area contributed by atoms with E-state index in [1.807, 2.05) is 0 Å². The van der Waals surface area contributed by atoms with Crippen LogP contribution in [0.1, 0.15) is 25.7 Å². The lowest BCUT2D eigenvalue weighted by Crippen LogP contribution is -1.98. The second-order valence-electron chi connectivity index (χ2n) is 2.59. The first-order valence-corrected chi connectivity index (χ1v) is 3.97. The Morgan fingerprint density at radius 1 is 0.875 bits per heavy atom. The van der Waals surface area contributed by atoms with Crippen molar-refractivity contribution >= 4 is 17.6 Å². The van der Waals surface area contributed by atoms with Gasteiger partial charge in [-0.15, -0.1) is 0 Å². The summed E-state index contributed by atoms with van der Waals surface area (Å²) in [5.74, 6) is 0. The van der Waals surface area contributed by atoms with Gasteiger partial charge >= 0.3 is 0 Å². The zero-order valence-corrected chi connectivity index (χ0v) is 5.95. The molecule has 1 saturated heterocycles. The van der Waals surface area contributed by atoms with Crippen molar-refractivity contribution in [3.63, 3.8) is 0 Å². The van der Waals surface area contributed by atoms with Gasteiger partial charge < -0.3 is 0 Å². The molecule has 1 rings (SSSR count). The number of halogens is 1. The van der Waals surface area contributed by atoms with Crippen molar-refractivity contribution in [1.29, 1.82) is 0 Å². The summed E-state index contributed by atoms with van der Waals surface area (Å²) in [6.45, 7) is 0. The van der Waals surface area contributed by atoms with Crippen molar-refractivity contribution in [2.45, 2.75) is 38.3 Å². The largest absolute Gasteiger partial charge is 0.250 e. The van der Waals surface area contributed by atoms with E-state index in [4.69, 9.17) is 11.5 Å². The molecule has 8 heavy (non-hydrogen) atoms. The third-order valence-corrected chi connectivity index (χ3v) is 2.22. The van der Waals surface area contributed by atoms with E-state index in [1.165, 1.54) is 38.3 Å². The predicted molar refractivity (Wildman–Crippen MR) is 39.7 cm³/mol. The van der Waals surface area contributed by atoms with Crippen molar-refractivity contribution in [3.8, 4) is 0 Å². The lowest BCUT2D eigenvalue weighted by atomic mass is 9.68. The molecule has 0 nitrogen and oxygen atoms in total. The molecule has 0 atom stereocenters. The van der Waals surface area contributed by atoms with Gasteiger partial charge in [0.1, 0.15) is 0 Å². The van der Waals surface area contributed by atoms with Crippen LogP contribution in [0.4, 0.5) is 0 Å². The molecule has 0 aromatic carbocycles. The van der Waals surface area contributed by atoms with E-state index in [9.17, 15) is 0 Å². The van der Waals surface area contributed by atoms with E-state index in [0.29, 0.717) is 6.13 Å². The van der Waals surface area contributed by atoms with Gasteiger partial charge in [-0.2, -0.15) is 11.5 Å². The van der Waals surface area contributed by atoms with Crippen LogP contribution in [0.3, 0.4) is 0 Å². The summed E-state index contributed by atoms with van der Waals surface area (Å²) in [4.78, 5) is 0. The predicted octanol–water partition coefficient (Wildman–Crippen LogP) is 2.79. The average molecular weight is 130 g/mol. The number of hydrogen-bond donors (Lipinski definition) is 0. The van der Waals surface area contributed by atoms with Crippen molar-refractivity contribution in [3.05, 3.63) is 0 Å². The molecule has 0 spiro atoms. The third kappa shape index (κ3) is 2.08. The highest BCUT2D eigenvalue weighted by molar-refractivity contribution is 7.06. The molecule has 1 aliphatic heterocycles. The maximum Gasteiger partial charge on any atom is 0.250 e. The lowest BCUT2D eigenvalue weighted by Gasteiger charge is -1.94. The van der Waals surface area contributed by atoms with Crippen LogP contribution < -0.4 is 0 Å². The monoisotopic (exact) mass is 130 g/mol. The molecule has 0 aliphatic carbocycles. The summed E-state index contributed by atoms with van der Waals surface area (Å²) in [6, 6.07) is 0. The Morgan fingerprint density at radius 2 is 1.38 bits per heavy atom. The molecule has 0 saturated carbocycles. The second kappa shape index (κ2) is 3.39. The highest BCUT2D eigenvalue weighted by Crippen LogP contribution is 2.19. The quantitative estimate of drug-likeness (QED) is 0.442. The van der Waals surface area contributed by atoms with Gasteiger partial charge in [0.25, 0.3) is 6.13 Å². The molecule has 0 radical (unpaired) electrons. The van der Waals surface area contributed by atoms with Crippen molar-refractivity contribution in [2.75, 3.05) is 0 Å². The Kier molecular flexibility index (Phi) is 2.75. The number of hydrogen-bond acceptors (Lipinski definition) is 0. The Bertz CT molecular complexity index is 57.5. The van der Waals surface area contributed by atoms with Crippen LogP contribution in [0, 0.1) is 0 Å². The van der Waals surface area contributed by atoms with Gasteiger partial charge in [-0.25, -0.2) is 0 Å². The molecule has 0 N–H and O–H groups in total. The van der Waals surface area contributed by atoms with Gasteiger partial charge in [-0.05, 0) is 0 Å². The maximum absolute atomic E-state index is 5.92. The summed E-state index contributed by atoms with van der Waals surface area (Å²) in [5.41, 5.74) is 0. The first kappa shape index (κ1) is 6.47. The molecular formula is C6H12BCl. The molecule has 1 fully saturated rings. The van der Waals surface area contributed by atoms with Gasteiger partial charge in [0.2, 0.25) is 0 Å². The maximum atomic E-state index is 5.92. The highest BCUT2D eigenvalue weighted by Gasteiger charge is 2.11. The van der Waals surface area contributed by atoms with Crippen molar-refractivity contribution in [1.82, 2.24) is 0 Å². The second-order valence-corrected chi connectivity index (χ2v) is 3.21. The van der Waals surface area contributed by atoms with Crippen LogP contribution in [0.2, 0.25) is 12.6 Å². The molecule has 0 aromatic rings. The topological polar surface area (TPSA) is 0 Å². The van der Waals surface area contributed by atoms with E-state index in [0.717, 1.165) is 0 Å². The van der Waals surface area contributed by atoms with E-state index in [1.54, 1.807) is 0 Å². The SMILES string of the molecule is ClB1CCCCCC1. The Morgan fingerprint density at radius 3 is 1.88 bits per heavy atom. The minimum atomic E-state index is 0.498. The zero-order chi connectivity index (χ0) is 5.82. The van der Waals surface area contributed by atoms with Crippen LogP contribution in [0.5, 0.6) is 0 Å². The summed E-state index contributed by atoms with van der Waals surface area (Å²) in [6.07, 6.45) is 8.52. The van der Waals surface area contributed by atoms with Crippen LogP contribution in [0.15, 0.2) is 0 Å². The molecule has 0 aromatic heterocycles. The van der Waals surface area contributed by atoms with Gasteiger partial charge in [0.05, 0.1) is 0 Å². The van der Waals surface area contributed by atoms with Crippen LogP contribution >= 0.6 is 11.5 Å². The summed E-state index contributed by atoms with van der Waals surface area (Å²) in [7, 11) is 0. The Balaban J connectivity index is 2.17.